The topological polar surface area (TPSA) is 0 Å². The van der Waals surface area contributed by atoms with Crippen LogP contribution in [0.5, 0.6) is 0 Å². The summed E-state index contributed by atoms with van der Waals surface area (Å²) in [5.74, 6) is 4.11. The third-order valence-electron chi connectivity index (χ3n) is 4.20. The molecular weight excluding hydrogens is 120 g/mol. The van der Waals surface area contributed by atoms with Crippen molar-refractivity contribution in [1.82, 2.24) is 0 Å². The highest BCUT2D eigenvalue weighted by Crippen LogP contribution is 2.75. The van der Waals surface area contributed by atoms with Crippen molar-refractivity contribution in [2.24, 2.45) is 29.1 Å². The molecule has 0 aromatic rings. The van der Waals surface area contributed by atoms with Crippen molar-refractivity contribution in [2.45, 2.75) is 34.1 Å². The summed E-state index contributed by atoms with van der Waals surface area (Å²) in [7, 11) is 0. The highest BCUT2D eigenvalue weighted by atomic mass is 14.7. The summed E-state index contributed by atoms with van der Waals surface area (Å²) in [5.41, 5.74) is 0.801. The van der Waals surface area contributed by atoms with Crippen LogP contribution in [-0.4, -0.2) is 0 Å². The molecule has 10 heavy (non-hydrogen) atoms. The number of hydrogen-bond acceptors (Lipinski definition) is 0. The van der Waals surface area contributed by atoms with Gasteiger partial charge in [0, 0.05) is 0 Å². The minimum absolute atomic E-state index is 0.801. The molecule has 0 N–H and O–H groups in total. The predicted molar refractivity (Wildman–Crippen MR) is 43.7 cm³/mol. The normalized spacial score (nSPS) is 57.9. The smallest absolute Gasteiger partial charge is 0.0263 e. The van der Waals surface area contributed by atoms with E-state index in [2.05, 4.69) is 27.7 Å². The molecule has 0 saturated heterocycles. The lowest BCUT2D eigenvalue weighted by atomic mass is 9.62. The Balaban J connectivity index is 2.06. The fraction of sp³-hybridized carbons (Fsp3) is 1.00. The lowest BCUT2D eigenvalue weighted by Gasteiger charge is -2.43. The molecule has 0 aromatic heterocycles. The first-order valence-electron chi connectivity index (χ1n) is 4.57. The first-order valence-corrected chi connectivity index (χ1v) is 4.57. The van der Waals surface area contributed by atoms with Gasteiger partial charge in [-0.2, -0.15) is 0 Å². The van der Waals surface area contributed by atoms with E-state index in [1.165, 1.54) is 6.42 Å². The van der Waals surface area contributed by atoms with Gasteiger partial charge in [-0.05, 0) is 35.5 Å². The van der Waals surface area contributed by atoms with Crippen LogP contribution >= 0.6 is 0 Å². The monoisotopic (exact) mass is 138 g/mol. The van der Waals surface area contributed by atoms with Crippen LogP contribution in [0.4, 0.5) is 0 Å². The summed E-state index contributed by atoms with van der Waals surface area (Å²) in [6.45, 7) is 9.65. The minimum atomic E-state index is 0.801. The van der Waals surface area contributed by atoms with E-state index >= 15 is 0 Å². The molecule has 0 aromatic carbocycles. The van der Waals surface area contributed by atoms with Crippen molar-refractivity contribution in [3.8, 4) is 0 Å². The van der Waals surface area contributed by atoms with E-state index in [1.807, 2.05) is 0 Å². The second-order valence-electron chi connectivity index (χ2n) is 4.93. The Morgan fingerprint density at radius 1 is 1.40 bits per heavy atom. The molecule has 0 spiro atoms. The highest BCUT2D eigenvalue weighted by molar-refractivity contribution is 5.16. The Morgan fingerprint density at radius 2 is 2.00 bits per heavy atom. The molecule has 4 unspecified atom stereocenters. The van der Waals surface area contributed by atoms with Gasteiger partial charge in [-0.25, -0.2) is 0 Å². The number of rotatable bonds is 1. The summed E-state index contributed by atoms with van der Waals surface area (Å²) in [6, 6.07) is 0. The van der Waals surface area contributed by atoms with Crippen LogP contribution in [0.2, 0.25) is 0 Å². The van der Waals surface area contributed by atoms with E-state index in [1.54, 1.807) is 0 Å². The molecule has 2 rings (SSSR count). The highest BCUT2D eigenvalue weighted by Gasteiger charge is 2.68. The SMILES string of the molecule is CC(C)C1C(C)C2(C)CC12. The van der Waals surface area contributed by atoms with Gasteiger partial charge < -0.3 is 0 Å². The van der Waals surface area contributed by atoms with Gasteiger partial charge >= 0.3 is 0 Å². The number of fused-ring (bicyclic) bond motifs is 1. The van der Waals surface area contributed by atoms with Gasteiger partial charge in [0.15, 0.2) is 0 Å². The van der Waals surface area contributed by atoms with Crippen molar-refractivity contribution < 1.29 is 0 Å². The quantitative estimate of drug-likeness (QED) is 0.522. The molecule has 0 radical (unpaired) electrons. The summed E-state index contributed by atoms with van der Waals surface area (Å²) in [4.78, 5) is 0. The molecular formula is C10H18. The van der Waals surface area contributed by atoms with Gasteiger partial charge in [0.1, 0.15) is 0 Å². The first kappa shape index (κ1) is 6.69. The minimum Gasteiger partial charge on any atom is -0.0625 e. The predicted octanol–water partition coefficient (Wildman–Crippen LogP) is 2.93. The lowest BCUT2D eigenvalue weighted by Crippen LogP contribution is -2.37. The van der Waals surface area contributed by atoms with Crippen LogP contribution < -0.4 is 0 Å². The van der Waals surface area contributed by atoms with Crippen LogP contribution in [0.25, 0.3) is 0 Å². The van der Waals surface area contributed by atoms with Gasteiger partial charge in [0.05, 0.1) is 0 Å². The van der Waals surface area contributed by atoms with Gasteiger partial charge in [0.25, 0.3) is 0 Å². The average Bonchev–Trinajstić information content (AvgIpc) is 2.39. The van der Waals surface area contributed by atoms with Crippen LogP contribution in [0, 0.1) is 29.1 Å². The van der Waals surface area contributed by atoms with E-state index in [0.717, 1.165) is 29.1 Å². The molecule has 0 heteroatoms. The van der Waals surface area contributed by atoms with Crippen molar-refractivity contribution in [2.75, 3.05) is 0 Å². The van der Waals surface area contributed by atoms with E-state index < -0.39 is 0 Å². The van der Waals surface area contributed by atoms with E-state index in [0.29, 0.717) is 0 Å². The second kappa shape index (κ2) is 1.60. The van der Waals surface area contributed by atoms with E-state index in [4.69, 9.17) is 0 Å². The van der Waals surface area contributed by atoms with Gasteiger partial charge in [-0.15, -0.1) is 0 Å². The van der Waals surface area contributed by atoms with Crippen LogP contribution in [0.15, 0.2) is 0 Å². The third-order valence-corrected chi connectivity index (χ3v) is 4.20. The summed E-state index contributed by atoms with van der Waals surface area (Å²) in [5, 5.41) is 0. The molecule has 0 nitrogen and oxygen atoms in total. The molecule has 4 atom stereocenters. The van der Waals surface area contributed by atoms with Gasteiger partial charge in [-0.1, -0.05) is 27.7 Å². The van der Waals surface area contributed by atoms with Gasteiger partial charge in [-0.3, -0.25) is 0 Å². The Morgan fingerprint density at radius 3 is 2.20 bits per heavy atom. The first-order chi connectivity index (χ1) is 4.57. The zero-order valence-electron chi connectivity index (χ0n) is 7.52. The maximum absolute atomic E-state index is 2.46. The lowest BCUT2D eigenvalue weighted by molar-refractivity contribution is 0.0508. The summed E-state index contributed by atoms with van der Waals surface area (Å²) in [6.07, 6.45) is 1.52. The molecule has 2 aliphatic carbocycles. The van der Waals surface area contributed by atoms with Crippen LogP contribution in [0.3, 0.4) is 0 Å². The maximum atomic E-state index is 2.46. The molecule has 2 fully saturated rings. The van der Waals surface area contributed by atoms with Crippen molar-refractivity contribution in [1.29, 1.82) is 0 Å². The fourth-order valence-corrected chi connectivity index (χ4v) is 3.23. The van der Waals surface area contributed by atoms with Crippen molar-refractivity contribution >= 4 is 0 Å². The number of hydrogen-bond donors (Lipinski definition) is 0. The summed E-state index contributed by atoms with van der Waals surface area (Å²) < 4.78 is 0. The Labute approximate surface area is 64.0 Å². The zero-order valence-corrected chi connectivity index (χ0v) is 7.52. The Bertz CT molecular complexity index is 159. The van der Waals surface area contributed by atoms with E-state index in [9.17, 15) is 0 Å². The Kier molecular flexibility index (Phi) is 1.07. The van der Waals surface area contributed by atoms with Crippen LogP contribution in [0.1, 0.15) is 34.1 Å². The zero-order chi connectivity index (χ0) is 7.52. The third kappa shape index (κ3) is 0.538. The molecule has 0 amide bonds. The van der Waals surface area contributed by atoms with Crippen molar-refractivity contribution in [3.63, 3.8) is 0 Å². The van der Waals surface area contributed by atoms with Crippen molar-refractivity contribution in [3.05, 3.63) is 0 Å². The molecule has 0 aliphatic heterocycles. The molecule has 0 bridgehead atoms. The van der Waals surface area contributed by atoms with Gasteiger partial charge in [0.2, 0.25) is 0 Å². The van der Waals surface area contributed by atoms with E-state index in [-0.39, 0.29) is 0 Å². The van der Waals surface area contributed by atoms with Crippen LogP contribution in [-0.2, 0) is 0 Å². The second-order valence-corrected chi connectivity index (χ2v) is 4.93. The molecule has 2 aliphatic rings. The average molecular weight is 138 g/mol. The maximum Gasteiger partial charge on any atom is -0.0263 e. The molecule has 0 heterocycles. The largest absolute Gasteiger partial charge is 0.0625 e. The molecule has 2 saturated carbocycles. The Hall–Kier alpha value is 0. The summed E-state index contributed by atoms with van der Waals surface area (Å²) >= 11 is 0. The standard InChI is InChI=1S/C10H18/c1-6(2)9-7(3)10(4)5-8(9)10/h6-9H,5H2,1-4H3. The fourth-order valence-electron chi connectivity index (χ4n) is 3.23. The molecule has 58 valence electrons.